The first-order valence-corrected chi connectivity index (χ1v) is 8.23. The Morgan fingerprint density at radius 2 is 1.92 bits per heavy atom. The minimum absolute atomic E-state index is 0.112. The standard InChI is InChI=1S/C18H15ClN2O4/c19-13-6-12(8-15-16(13)25-10-24-15)9-21-17(22)14(20-18(21)23)7-11-4-2-1-3-5-11/h1-6,8,14H,7,9-10H2,(H,20,23)/t14-/m1/s1. The quantitative estimate of drug-likeness (QED) is 0.853. The fourth-order valence-electron chi connectivity index (χ4n) is 3.01. The van der Waals surface area contributed by atoms with Gasteiger partial charge in [-0.05, 0) is 23.3 Å². The van der Waals surface area contributed by atoms with Gasteiger partial charge in [0.2, 0.25) is 6.79 Å². The number of amides is 3. The molecule has 0 aromatic heterocycles. The van der Waals surface area contributed by atoms with Gasteiger partial charge in [0, 0.05) is 6.42 Å². The highest BCUT2D eigenvalue weighted by molar-refractivity contribution is 6.32. The summed E-state index contributed by atoms with van der Waals surface area (Å²) >= 11 is 6.16. The first kappa shape index (κ1) is 15.8. The molecule has 2 aliphatic rings. The topological polar surface area (TPSA) is 67.9 Å². The van der Waals surface area contributed by atoms with Crippen LogP contribution in [0.25, 0.3) is 0 Å². The zero-order valence-corrected chi connectivity index (χ0v) is 14.0. The lowest BCUT2D eigenvalue weighted by atomic mass is 10.1. The number of nitrogens with one attached hydrogen (secondary N) is 1. The van der Waals surface area contributed by atoms with Gasteiger partial charge in [-0.3, -0.25) is 9.69 Å². The number of benzene rings is 2. The van der Waals surface area contributed by atoms with Gasteiger partial charge in [-0.1, -0.05) is 41.9 Å². The number of hydrogen-bond acceptors (Lipinski definition) is 4. The summed E-state index contributed by atoms with van der Waals surface area (Å²) in [4.78, 5) is 26.0. The lowest BCUT2D eigenvalue weighted by Gasteiger charge is -2.14. The van der Waals surface area contributed by atoms with Gasteiger partial charge < -0.3 is 14.8 Å². The molecule has 3 amide bonds. The molecule has 4 rings (SSSR count). The van der Waals surface area contributed by atoms with E-state index in [1.54, 1.807) is 12.1 Å². The predicted molar refractivity (Wildman–Crippen MR) is 90.6 cm³/mol. The van der Waals surface area contributed by atoms with E-state index in [1.807, 2.05) is 30.3 Å². The van der Waals surface area contributed by atoms with E-state index in [9.17, 15) is 9.59 Å². The molecule has 0 radical (unpaired) electrons. The van der Waals surface area contributed by atoms with Crippen molar-refractivity contribution < 1.29 is 19.1 Å². The molecule has 0 unspecified atom stereocenters. The van der Waals surface area contributed by atoms with Crippen LogP contribution in [0.3, 0.4) is 0 Å². The molecule has 0 spiro atoms. The average molecular weight is 359 g/mol. The maximum absolute atomic E-state index is 12.6. The number of nitrogens with zero attached hydrogens (tertiary/aromatic N) is 1. The van der Waals surface area contributed by atoms with E-state index in [0.717, 1.165) is 5.56 Å². The van der Waals surface area contributed by atoms with Crippen molar-refractivity contribution in [2.45, 2.75) is 19.0 Å². The lowest BCUT2D eigenvalue weighted by molar-refractivity contribution is -0.127. The average Bonchev–Trinajstić information content (AvgIpc) is 3.17. The molecule has 6 nitrogen and oxygen atoms in total. The van der Waals surface area contributed by atoms with Gasteiger partial charge in [0.15, 0.2) is 11.5 Å². The van der Waals surface area contributed by atoms with Crippen molar-refractivity contribution in [3.05, 3.63) is 58.6 Å². The molecule has 2 aromatic carbocycles. The predicted octanol–water partition coefficient (Wildman–Crippen LogP) is 2.73. The van der Waals surface area contributed by atoms with Crippen LogP contribution in [0.5, 0.6) is 11.5 Å². The molecule has 1 atom stereocenters. The summed E-state index contributed by atoms with van der Waals surface area (Å²) in [5, 5.41) is 3.14. The number of urea groups is 1. The number of hydrogen-bond donors (Lipinski definition) is 1. The fraction of sp³-hybridized carbons (Fsp3) is 0.222. The summed E-state index contributed by atoms with van der Waals surface area (Å²) in [5.41, 5.74) is 1.70. The Bertz CT molecular complexity index is 840. The molecule has 128 valence electrons. The number of halogens is 1. The number of carbonyl (C=O) groups is 2. The van der Waals surface area contributed by atoms with Crippen LogP contribution in [-0.4, -0.2) is 29.7 Å². The third-order valence-corrected chi connectivity index (χ3v) is 4.50. The van der Waals surface area contributed by atoms with Crippen molar-refractivity contribution in [2.24, 2.45) is 0 Å². The number of imide groups is 1. The number of rotatable bonds is 4. The Morgan fingerprint density at radius 3 is 2.72 bits per heavy atom. The van der Waals surface area contributed by atoms with Gasteiger partial charge in [0.25, 0.3) is 5.91 Å². The van der Waals surface area contributed by atoms with E-state index in [1.165, 1.54) is 4.90 Å². The van der Waals surface area contributed by atoms with Crippen molar-refractivity contribution in [2.75, 3.05) is 6.79 Å². The number of fused-ring (bicyclic) bond motifs is 1. The molecule has 0 aliphatic carbocycles. The molecule has 2 aromatic rings. The van der Waals surface area contributed by atoms with Crippen LogP contribution in [0, 0.1) is 0 Å². The van der Waals surface area contributed by atoms with Crippen LogP contribution in [0.1, 0.15) is 11.1 Å². The van der Waals surface area contributed by atoms with E-state index >= 15 is 0 Å². The largest absolute Gasteiger partial charge is 0.454 e. The van der Waals surface area contributed by atoms with Gasteiger partial charge in [0.05, 0.1) is 11.6 Å². The van der Waals surface area contributed by atoms with Crippen LogP contribution in [-0.2, 0) is 17.8 Å². The summed E-state index contributed by atoms with van der Waals surface area (Å²) in [6, 6.07) is 12.0. The summed E-state index contributed by atoms with van der Waals surface area (Å²) in [6.45, 7) is 0.243. The van der Waals surface area contributed by atoms with E-state index < -0.39 is 12.1 Å². The molecule has 1 N–H and O–H groups in total. The van der Waals surface area contributed by atoms with Crippen LogP contribution in [0.4, 0.5) is 4.79 Å². The first-order valence-electron chi connectivity index (χ1n) is 7.85. The van der Waals surface area contributed by atoms with Crippen LogP contribution in [0.15, 0.2) is 42.5 Å². The molecule has 25 heavy (non-hydrogen) atoms. The molecule has 0 bridgehead atoms. The molecule has 0 saturated carbocycles. The zero-order chi connectivity index (χ0) is 17.4. The molecular formula is C18H15ClN2O4. The second kappa shape index (κ2) is 6.29. The van der Waals surface area contributed by atoms with Gasteiger partial charge in [-0.2, -0.15) is 0 Å². The molecule has 1 fully saturated rings. The Morgan fingerprint density at radius 1 is 1.12 bits per heavy atom. The van der Waals surface area contributed by atoms with Gasteiger partial charge in [-0.25, -0.2) is 4.79 Å². The third-order valence-electron chi connectivity index (χ3n) is 4.22. The van der Waals surface area contributed by atoms with Crippen molar-refractivity contribution in [3.63, 3.8) is 0 Å². The first-order chi connectivity index (χ1) is 12.1. The second-order valence-corrected chi connectivity index (χ2v) is 6.33. The van der Waals surface area contributed by atoms with E-state index in [2.05, 4.69) is 5.32 Å². The molecule has 2 heterocycles. The Hall–Kier alpha value is -2.73. The van der Waals surface area contributed by atoms with E-state index in [0.29, 0.717) is 28.5 Å². The highest BCUT2D eigenvalue weighted by Gasteiger charge is 2.38. The van der Waals surface area contributed by atoms with Crippen molar-refractivity contribution in [3.8, 4) is 11.5 Å². The van der Waals surface area contributed by atoms with Crippen LogP contribution in [0.2, 0.25) is 5.02 Å². The van der Waals surface area contributed by atoms with Crippen molar-refractivity contribution in [1.29, 1.82) is 0 Å². The minimum atomic E-state index is -0.556. The smallest absolute Gasteiger partial charge is 0.325 e. The van der Waals surface area contributed by atoms with Crippen LogP contribution >= 0.6 is 11.6 Å². The molecule has 2 aliphatic heterocycles. The van der Waals surface area contributed by atoms with E-state index in [4.69, 9.17) is 21.1 Å². The summed E-state index contributed by atoms with van der Waals surface area (Å²) < 4.78 is 10.6. The number of carbonyl (C=O) groups excluding carboxylic acids is 2. The highest BCUT2D eigenvalue weighted by atomic mass is 35.5. The normalized spacial score (nSPS) is 18.6. The van der Waals surface area contributed by atoms with Crippen molar-refractivity contribution >= 4 is 23.5 Å². The maximum Gasteiger partial charge on any atom is 0.325 e. The Balaban J connectivity index is 1.50. The fourth-order valence-corrected chi connectivity index (χ4v) is 3.30. The molecule has 1 saturated heterocycles. The Kier molecular flexibility index (Phi) is 3.97. The summed E-state index contributed by atoms with van der Waals surface area (Å²) in [5.74, 6) is 0.766. The monoisotopic (exact) mass is 358 g/mol. The third kappa shape index (κ3) is 3.00. The van der Waals surface area contributed by atoms with Gasteiger partial charge >= 0.3 is 6.03 Å². The summed E-state index contributed by atoms with van der Waals surface area (Å²) in [6.07, 6.45) is 0.462. The molecular weight excluding hydrogens is 344 g/mol. The second-order valence-electron chi connectivity index (χ2n) is 5.93. The maximum atomic E-state index is 12.6. The number of ether oxygens (including phenoxy) is 2. The molecule has 7 heteroatoms. The zero-order valence-electron chi connectivity index (χ0n) is 13.2. The van der Waals surface area contributed by atoms with Gasteiger partial charge in [-0.15, -0.1) is 0 Å². The Labute approximate surface area is 149 Å². The van der Waals surface area contributed by atoms with Crippen molar-refractivity contribution in [1.82, 2.24) is 10.2 Å². The van der Waals surface area contributed by atoms with Gasteiger partial charge in [0.1, 0.15) is 6.04 Å². The minimum Gasteiger partial charge on any atom is -0.454 e. The van der Waals surface area contributed by atoms with E-state index in [-0.39, 0.29) is 19.2 Å². The SMILES string of the molecule is O=C1N[C@H](Cc2ccccc2)C(=O)N1Cc1cc(Cl)c2c(c1)OCO2. The van der Waals surface area contributed by atoms with Crippen LogP contribution < -0.4 is 14.8 Å². The highest BCUT2D eigenvalue weighted by Crippen LogP contribution is 2.40. The summed E-state index contributed by atoms with van der Waals surface area (Å²) in [7, 11) is 0. The lowest BCUT2D eigenvalue weighted by Crippen LogP contribution is -2.32.